The summed E-state index contributed by atoms with van der Waals surface area (Å²) in [6.07, 6.45) is 0. The van der Waals surface area contributed by atoms with Crippen molar-refractivity contribution in [1.29, 1.82) is 0 Å². The summed E-state index contributed by atoms with van der Waals surface area (Å²) in [5.41, 5.74) is -2.05. The van der Waals surface area contributed by atoms with Gasteiger partial charge < -0.3 is 10.2 Å². The molecule has 0 aliphatic heterocycles. The third-order valence-electron chi connectivity index (χ3n) is 3.18. The molecule has 0 radical (unpaired) electrons. The molecular formula is C13H8Cl6O2. The number of allylic oxidation sites excluding steroid dienone is 2. The first-order chi connectivity index (χ1) is 9.65. The summed E-state index contributed by atoms with van der Waals surface area (Å²) in [5.74, 6) is -0.743. The van der Waals surface area contributed by atoms with Gasteiger partial charge in [0.1, 0.15) is 16.2 Å². The maximum Gasteiger partial charge on any atom is 0.181 e. The highest BCUT2D eigenvalue weighted by Gasteiger charge is 2.61. The first kappa shape index (κ1) is 17.6. The van der Waals surface area contributed by atoms with E-state index in [1.54, 1.807) is 30.3 Å². The minimum atomic E-state index is -2.36. The van der Waals surface area contributed by atoms with Gasteiger partial charge in [0.25, 0.3) is 0 Å². The van der Waals surface area contributed by atoms with E-state index in [9.17, 15) is 10.2 Å². The van der Waals surface area contributed by atoms with E-state index in [1.165, 1.54) is 0 Å². The van der Waals surface area contributed by atoms with Crippen LogP contribution in [0.3, 0.4) is 0 Å². The summed E-state index contributed by atoms with van der Waals surface area (Å²) in [6.45, 7) is 0. The van der Waals surface area contributed by atoms with E-state index in [4.69, 9.17) is 69.6 Å². The van der Waals surface area contributed by atoms with E-state index >= 15 is 0 Å². The van der Waals surface area contributed by atoms with Crippen LogP contribution in [0.15, 0.2) is 51.2 Å². The highest BCUT2D eigenvalue weighted by Crippen LogP contribution is 2.56. The molecule has 0 fully saturated rings. The van der Waals surface area contributed by atoms with Gasteiger partial charge in [-0.05, 0) is 5.56 Å². The van der Waals surface area contributed by atoms with E-state index in [2.05, 4.69) is 0 Å². The molecular weight excluding hydrogens is 401 g/mol. The Morgan fingerprint density at radius 2 is 1.52 bits per heavy atom. The standard InChI is InChI=1S/C13H8Cl6O2/c14-7-8(15)10(17)12(21,11(20)9(7)16)13(18,19)6-4-2-1-3-5-6/h1-5,10,20-21H. The van der Waals surface area contributed by atoms with Gasteiger partial charge in [-0.1, -0.05) is 88.3 Å². The summed E-state index contributed by atoms with van der Waals surface area (Å²) in [4.78, 5) is 0. The highest BCUT2D eigenvalue weighted by atomic mass is 35.5. The molecule has 21 heavy (non-hydrogen) atoms. The lowest BCUT2D eigenvalue weighted by molar-refractivity contribution is 0.0209. The van der Waals surface area contributed by atoms with Crippen molar-refractivity contribution >= 4 is 69.6 Å². The Balaban J connectivity index is 2.67. The molecule has 2 rings (SSSR count). The van der Waals surface area contributed by atoms with Crippen LogP contribution in [0.25, 0.3) is 0 Å². The second-order valence-corrected chi connectivity index (χ2v) is 7.32. The molecule has 1 aromatic rings. The van der Waals surface area contributed by atoms with Crippen molar-refractivity contribution in [3.63, 3.8) is 0 Å². The molecule has 1 aliphatic carbocycles. The number of aliphatic hydroxyl groups is 2. The number of alkyl halides is 3. The molecule has 2 atom stereocenters. The zero-order valence-corrected chi connectivity index (χ0v) is 14.7. The van der Waals surface area contributed by atoms with Crippen LogP contribution >= 0.6 is 69.6 Å². The highest BCUT2D eigenvalue weighted by molar-refractivity contribution is 6.53. The minimum absolute atomic E-state index is 0.162. The Bertz CT molecular complexity index is 625. The Hall–Kier alpha value is 0.200. The molecule has 0 heterocycles. The van der Waals surface area contributed by atoms with Crippen LogP contribution in [0.5, 0.6) is 0 Å². The second-order valence-electron chi connectivity index (χ2n) is 4.39. The van der Waals surface area contributed by atoms with Crippen molar-refractivity contribution in [3.05, 3.63) is 56.8 Å². The molecule has 2 N–H and O–H groups in total. The van der Waals surface area contributed by atoms with Crippen molar-refractivity contribution in [3.8, 4) is 0 Å². The van der Waals surface area contributed by atoms with E-state index in [0.717, 1.165) is 0 Å². The normalized spacial score (nSPS) is 27.3. The van der Waals surface area contributed by atoms with Crippen LogP contribution < -0.4 is 0 Å². The molecule has 0 amide bonds. The maximum atomic E-state index is 10.9. The average Bonchev–Trinajstić information content (AvgIpc) is 2.49. The summed E-state index contributed by atoms with van der Waals surface area (Å²) in [5, 5.41) is 19.0. The molecule has 0 spiro atoms. The van der Waals surface area contributed by atoms with Gasteiger partial charge in [0, 0.05) is 0 Å². The number of halogens is 6. The molecule has 0 saturated heterocycles. The number of aliphatic hydroxyl groups excluding tert-OH is 1. The molecule has 1 aromatic carbocycles. The molecule has 0 saturated carbocycles. The van der Waals surface area contributed by atoms with Crippen LogP contribution in [0.4, 0.5) is 0 Å². The molecule has 1 aliphatic rings. The van der Waals surface area contributed by atoms with Crippen molar-refractivity contribution in [2.75, 3.05) is 0 Å². The van der Waals surface area contributed by atoms with Crippen molar-refractivity contribution in [2.24, 2.45) is 0 Å². The van der Waals surface area contributed by atoms with Crippen molar-refractivity contribution in [2.45, 2.75) is 15.3 Å². The van der Waals surface area contributed by atoms with Crippen LogP contribution in [-0.2, 0) is 4.33 Å². The molecule has 0 bridgehead atoms. The van der Waals surface area contributed by atoms with Gasteiger partial charge >= 0.3 is 0 Å². The van der Waals surface area contributed by atoms with Gasteiger partial charge in [0.05, 0.1) is 10.1 Å². The van der Waals surface area contributed by atoms with Gasteiger partial charge in [-0.25, -0.2) is 0 Å². The summed E-state index contributed by atoms with van der Waals surface area (Å²) >= 11 is 36.4. The minimum Gasteiger partial charge on any atom is -0.507 e. The van der Waals surface area contributed by atoms with Gasteiger partial charge in [-0.2, -0.15) is 0 Å². The number of rotatable bonds is 2. The predicted molar refractivity (Wildman–Crippen MR) is 88.7 cm³/mol. The SMILES string of the molecule is OC1=C(Cl)C(Cl)=C(Cl)C(Cl)C1(O)C(Cl)(Cl)c1ccccc1. The van der Waals surface area contributed by atoms with E-state index in [0.29, 0.717) is 5.56 Å². The molecule has 8 heteroatoms. The Morgan fingerprint density at radius 3 is 2.05 bits per heavy atom. The van der Waals surface area contributed by atoms with Crippen LogP contribution in [0, 0.1) is 0 Å². The zero-order chi connectivity index (χ0) is 16.0. The number of hydrogen-bond donors (Lipinski definition) is 2. The molecule has 114 valence electrons. The maximum absolute atomic E-state index is 10.9. The lowest BCUT2D eigenvalue weighted by atomic mass is 9.84. The van der Waals surface area contributed by atoms with Crippen molar-refractivity contribution in [1.82, 2.24) is 0 Å². The lowest BCUT2D eigenvalue weighted by Crippen LogP contribution is -2.55. The number of benzene rings is 1. The largest absolute Gasteiger partial charge is 0.507 e. The quantitative estimate of drug-likeness (QED) is 0.646. The zero-order valence-electron chi connectivity index (χ0n) is 10.1. The van der Waals surface area contributed by atoms with Gasteiger partial charge in [0.2, 0.25) is 0 Å². The van der Waals surface area contributed by atoms with E-state index in [-0.39, 0.29) is 15.1 Å². The molecule has 2 nitrogen and oxygen atoms in total. The topological polar surface area (TPSA) is 40.5 Å². The summed E-state index contributed by atoms with van der Waals surface area (Å²) in [7, 11) is 0. The Kier molecular flexibility index (Phi) is 5.02. The smallest absolute Gasteiger partial charge is 0.181 e. The fourth-order valence-electron chi connectivity index (χ4n) is 1.97. The Morgan fingerprint density at radius 1 is 1.00 bits per heavy atom. The fraction of sp³-hybridized carbons (Fsp3) is 0.231. The van der Waals surface area contributed by atoms with Gasteiger partial charge in [-0.15, -0.1) is 11.6 Å². The monoisotopic (exact) mass is 406 g/mol. The van der Waals surface area contributed by atoms with Crippen molar-refractivity contribution < 1.29 is 10.2 Å². The number of hydrogen-bond acceptors (Lipinski definition) is 2. The van der Waals surface area contributed by atoms with Gasteiger partial charge in [-0.3, -0.25) is 0 Å². The predicted octanol–water partition coefficient (Wildman–Crippen LogP) is 5.37. The fourth-order valence-corrected chi connectivity index (χ4v) is 3.90. The van der Waals surface area contributed by atoms with Crippen LogP contribution in [0.1, 0.15) is 5.56 Å². The summed E-state index contributed by atoms with van der Waals surface area (Å²) < 4.78 is -2.01. The first-order valence-electron chi connectivity index (χ1n) is 5.60. The molecule has 0 aromatic heterocycles. The Labute approximate surface area is 151 Å². The average molecular weight is 409 g/mol. The third-order valence-corrected chi connectivity index (χ3v) is 6.20. The lowest BCUT2D eigenvalue weighted by Gasteiger charge is -2.43. The summed E-state index contributed by atoms with van der Waals surface area (Å²) in [6, 6.07) is 8.20. The van der Waals surface area contributed by atoms with Crippen LogP contribution in [0.2, 0.25) is 0 Å². The second kappa shape index (κ2) is 6.01. The first-order valence-corrected chi connectivity index (χ1v) is 7.92. The van der Waals surface area contributed by atoms with E-state index in [1.807, 2.05) is 0 Å². The van der Waals surface area contributed by atoms with Crippen LogP contribution in [-0.4, -0.2) is 21.2 Å². The molecule has 2 unspecified atom stereocenters. The van der Waals surface area contributed by atoms with E-state index < -0.39 is 21.1 Å². The van der Waals surface area contributed by atoms with Gasteiger partial charge in [0.15, 0.2) is 9.93 Å². The third kappa shape index (κ3) is 2.55.